The molecule has 0 amide bonds. The van der Waals surface area contributed by atoms with E-state index in [0.29, 0.717) is 23.4 Å². The first-order valence-corrected chi connectivity index (χ1v) is 12.9. The Morgan fingerprint density at radius 1 is 1.00 bits per heavy atom. The van der Waals surface area contributed by atoms with Gasteiger partial charge in [-0.25, -0.2) is 9.78 Å². The molecule has 4 aromatic rings. The summed E-state index contributed by atoms with van der Waals surface area (Å²) in [5, 5.41) is 1.71. The number of aryl methyl sites for hydroxylation is 1. The van der Waals surface area contributed by atoms with Crippen LogP contribution in [0.2, 0.25) is 5.02 Å². The third-order valence-electron chi connectivity index (χ3n) is 5.81. The second-order valence-corrected chi connectivity index (χ2v) is 10.2. The van der Waals surface area contributed by atoms with E-state index in [2.05, 4.69) is 11.1 Å². The number of pyridine rings is 1. The SMILES string of the molecule is COC(=O)c1ccccc1CC[C@@H](SC(C)=O)c1cccc(/C=C/c2ccc3ccc(Cl)cc3n2)c1.Cl. The van der Waals surface area contributed by atoms with Crippen LogP contribution in [-0.4, -0.2) is 23.2 Å². The number of carbonyl (C=O) groups excluding carboxylic acids is 2. The molecule has 0 saturated carbocycles. The van der Waals surface area contributed by atoms with Gasteiger partial charge >= 0.3 is 5.97 Å². The number of halogens is 2. The van der Waals surface area contributed by atoms with Gasteiger partial charge in [0.05, 0.1) is 23.9 Å². The predicted molar refractivity (Wildman–Crippen MR) is 156 cm³/mol. The molecule has 1 atom stereocenters. The summed E-state index contributed by atoms with van der Waals surface area (Å²) in [7, 11) is 1.38. The topological polar surface area (TPSA) is 56.3 Å². The Morgan fingerprint density at radius 2 is 1.78 bits per heavy atom. The fourth-order valence-electron chi connectivity index (χ4n) is 4.07. The summed E-state index contributed by atoms with van der Waals surface area (Å²) in [6, 6.07) is 25.3. The Morgan fingerprint density at radius 3 is 2.57 bits per heavy atom. The highest BCUT2D eigenvalue weighted by Gasteiger charge is 2.18. The fourth-order valence-corrected chi connectivity index (χ4v) is 5.16. The molecule has 0 aliphatic heterocycles. The summed E-state index contributed by atoms with van der Waals surface area (Å²) in [5.41, 5.74) is 5.24. The average molecular weight is 553 g/mol. The molecule has 1 heterocycles. The van der Waals surface area contributed by atoms with Gasteiger partial charge in [0.25, 0.3) is 0 Å². The molecule has 4 nitrogen and oxygen atoms in total. The van der Waals surface area contributed by atoms with E-state index in [1.54, 1.807) is 13.0 Å². The Kier molecular flexibility index (Phi) is 10.3. The van der Waals surface area contributed by atoms with Crippen LogP contribution in [0.5, 0.6) is 0 Å². The van der Waals surface area contributed by atoms with Gasteiger partial charge in [0.15, 0.2) is 5.12 Å². The molecule has 0 N–H and O–H groups in total. The molecule has 4 rings (SSSR count). The lowest BCUT2D eigenvalue weighted by Gasteiger charge is -2.17. The fraction of sp³-hybridized carbons (Fsp3) is 0.167. The highest BCUT2D eigenvalue weighted by Crippen LogP contribution is 2.35. The van der Waals surface area contributed by atoms with Crippen LogP contribution in [0, 0.1) is 0 Å². The molecule has 0 bridgehead atoms. The van der Waals surface area contributed by atoms with Gasteiger partial charge in [0.2, 0.25) is 0 Å². The van der Waals surface area contributed by atoms with Gasteiger partial charge in [0, 0.05) is 22.6 Å². The standard InChI is InChI=1S/C30H26ClNO3S.ClH/c1-20(33)36-29(17-13-22-7-3-4-9-27(22)30(34)35-2)24-8-5-6-21(18-24)10-15-26-16-12-23-11-14-25(31)19-28(23)32-26;/h3-12,14-16,18-19,29H,13,17H2,1-2H3;1H/b15-10+;/t29-;/m1./s1. The van der Waals surface area contributed by atoms with Crippen LogP contribution in [0.1, 0.15) is 51.3 Å². The summed E-state index contributed by atoms with van der Waals surface area (Å²) in [5.74, 6) is -0.349. The van der Waals surface area contributed by atoms with Gasteiger partial charge in [-0.15, -0.1) is 12.4 Å². The lowest BCUT2D eigenvalue weighted by atomic mass is 9.98. The lowest BCUT2D eigenvalue weighted by Crippen LogP contribution is -2.07. The quantitative estimate of drug-likeness (QED) is 0.206. The van der Waals surface area contributed by atoms with Crippen molar-refractivity contribution in [1.82, 2.24) is 4.98 Å². The molecule has 3 aromatic carbocycles. The van der Waals surface area contributed by atoms with Gasteiger partial charge in [-0.05, 0) is 59.9 Å². The van der Waals surface area contributed by atoms with Crippen molar-refractivity contribution in [2.75, 3.05) is 7.11 Å². The number of carbonyl (C=O) groups is 2. The molecule has 0 unspecified atom stereocenters. The number of hydrogen-bond acceptors (Lipinski definition) is 5. The van der Waals surface area contributed by atoms with Crippen LogP contribution < -0.4 is 0 Å². The van der Waals surface area contributed by atoms with Gasteiger partial charge < -0.3 is 4.74 Å². The summed E-state index contributed by atoms with van der Waals surface area (Å²) >= 11 is 7.43. The first kappa shape index (κ1) is 28.5. The van der Waals surface area contributed by atoms with E-state index in [0.717, 1.165) is 33.3 Å². The number of esters is 1. The third kappa shape index (κ3) is 7.68. The van der Waals surface area contributed by atoms with Crippen LogP contribution in [0.3, 0.4) is 0 Å². The van der Waals surface area contributed by atoms with Gasteiger partial charge in [-0.1, -0.05) is 84.0 Å². The minimum absolute atomic E-state index is 0. The monoisotopic (exact) mass is 551 g/mol. The molecule has 7 heteroatoms. The van der Waals surface area contributed by atoms with Gasteiger partial charge in [-0.2, -0.15) is 0 Å². The first-order valence-electron chi connectivity index (χ1n) is 11.6. The average Bonchev–Trinajstić information content (AvgIpc) is 2.89. The number of hydrogen-bond donors (Lipinski definition) is 0. The van der Waals surface area contributed by atoms with Gasteiger partial charge in [-0.3, -0.25) is 4.79 Å². The van der Waals surface area contributed by atoms with E-state index >= 15 is 0 Å². The number of thioether (sulfide) groups is 1. The highest BCUT2D eigenvalue weighted by molar-refractivity contribution is 8.13. The van der Waals surface area contributed by atoms with E-state index < -0.39 is 0 Å². The van der Waals surface area contributed by atoms with Crippen molar-refractivity contribution in [3.05, 3.63) is 112 Å². The van der Waals surface area contributed by atoms with Crippen LogP contribution in [0.4, 0.5) is 0 Å². The normalized spacial score (nSPS) is 11.8. The zero-order valence-electron chi connectivity index (χ0n) is 20.5. The maximum atomic E-state index is 12.1. The van der Waals surface area contributed by atoms with Crippen molar-refractivity contribution in [2.24, 2.45) is 0 Å². The molecule has 1 aromatic heterocycles. The van der Waals surface area contributed by atoms with Crippen molar-refractivity contribution in [2.45, 2.75) is 25.0 Å². The largest absolute Gasteiger partial charge is 0.465 e. The zero-order valence-corrected chi connectivity index (χ0v) is 22.9. The molecular weight excluding hydrogens is 525 g/mol. The maximum Gasteiger partial charge on any atom is 0.338 e. The minimum Gasteiger partial charge on any atom is -0.465 e. The van der Waals surface area contributed by atoms with E-state index in [4.69, 9.17) is 16.3 Å². The molecule has 0 radical (unpaired) electrons. The lowest BCUT2D eigenvalue weighted by molar-refractivity contribution is -0.109. The van der Waals surface area contributed by atoms with Crippen LogP contribution >= 0.6 is 35.8 Å². The molecule has 0 spiro atoms. The number of fused-ring (bicyclic) bond motifs is 1. The second kappa shape index (κ2) is 13.4. The summed E-state index contributed by atoms with van der Waals surface area (Å²) in [6.07, 6.45) is 5.35. The predicted octanol–water partition coefficient (Wildman–Crippen LogP) is 8.22. The molecule has 0 aliphatic rings. The molecule has 190 valence electrons. The Labute approximate surface area is 232 Å². The van der Waals surface area contributed by atoms with E-state index in [-0.39, 0.29) is 28.7 Å². The van der Waals surface area contributed by atoms with Crippen molar-refractivity contribution >= 4 is 69.9 Å². The maximum absolute atomic E-state index is 12.1. The molecule has 0 saturated heterocycles. The number of nitrogens with zero attached hydrogens (tertiary/aromatic N) is 1. The van der Waals surface area contributed by atoms with E-state index in [9.17, 15) is 9.59 Å². The van der Waals surface area contributed by atoms with Crippen molar-refractivity contribution in [1.29, 1.82) is 0 Å². The minimum atomic E-state index is -0.349. The smallest absolute Gasteiger partial charge is 0.338 e. The van der Waals surface area contributed by atoms with Gasteiger partial charge in [0.1, 0.15) is 0 Å². The Balaban J connectivity index is 0.00000380. The summed E-state index contributed by atoms with van der Waals surface area (Å²) < 4.78 is 4.92. The summed E-state index contributed by atoms with van der Waals surface area (Å²) in [4.78, 5) is 28.9. The highest BCUT2D eigenvalue weighted by atomic mass is 35.5. The Hall–Kier alpha value is -3.12. The van der Waals surface area contributed by atoms with Crippen LogP contribution in [0.25, 0.3) is 23.1 Å². The molecule has 37 heavy (non-hydrogen) atoms. The number of aromatic nitrogens is 1. The van der Waals surface area contributed by atoms with Crippen LogP contribution in [-0.2, 0) is 16.0 Å². The van der Waals surface area contributed by atoms with Crippen molar-refractivity contribution < 1.29 is 14.3 Å². The second-order valence-electron chi connectivity index (χ2n) is 8.36. The number of methoxy groups -OCH3 is 1. The number of rotatable bonds is 8. The number of benzene rings is 3. The van der Waals surface area contributed by atoms with Crippen molar-refractivity contribution in [3.63, 3.8) is 0 Å². The molecule has 0 fully saturated rings. The Bertz CT molecular complexity index is 1440. The van der Waals surface area contributed by atoms with E-state index in [1.165, 1.54) is 18.9 Å². The molecule has 0 aliphatic carbocycles. The summed E-state index contributed by atoms with van der Waals surface area (Å²) in [6.45, 7) is 1.58. The number of ether oxygens (including phenoxy) is 1. The van der Waals surface area contributed by atoms with Crippen LogP contribution in [0.15, 0.2) is 78.9 Å². The van der Waals surface area contributed by atoms with E-state index in [1.807, 2.05) is 78.9 Å². The zero-order chi connectivity index (χ0) is 25.5. The first-order chi connectivity index (χ1) is 17.4. The third-order valence-corrected chi connectivity index (χ3v) is 7.17. The van der Waals surface area contributed by atoms with Crippen molar-refractivity contribution in [3.8, 4) is 0 Å². The molecular formula is C30H27Cl2NO3S.